The Bertz CT molecular complexity index is 1240. The van der Waals surface area contributed by atoms with E-state index in [1.807, 2.05) is 37.3 Å². The summed E-state index contributed by atoms with van der Waals surface area (Å²) < 4.78 is 21.1. The third-order valence-electron chi connectivity index (χ3n) is 5.22. The molecular formula is C24H21BrFN3O2. The molecule has 0 aliphatic carbocycles. The lowest BCUT2D eigenvalue weighted by Crippen LogP contribution is -2.28. The molecule has 5 nitrogen and oxygen atoms in total. The molecule has 4 aromatic rings. The SMILES string of the molecule is CCC(NC(=O)c1cccc2c1cnn2-c1ccc(F)cc1)c1ccc(OC)c(Br)c1. The van der Waals surface area contributed by atoms with Crippen molar-refractivity contribution in [3.8, 4) is 11.4 Å². The summed E-state index contributed by atoms with van der Waals surface area (Å²) in [6.45, 7) is 2.02. The summed E-state index contributed by atoms with van der Waals surface area (Å²) in [6, 6.07) is 17.2. The number of ether oxygens (including phenoxy) is 1. The van der Waals surface area contributed by atoms with E-state index >= 15 is 0 Å². The Labute approximate surface area is 188 Å². The molecular weight excluding hydrogens is 461 g/mol. The maximum absolute atomic E-state index is 13.3. The van der Waals surface area contributed by atoms with Gasteiger partial charge in [0.15, 0.2) is 0 Å². The molecule has 1 unspecified atom stereocenters. The molecule has 0 fully saturated rings. The van der Waals surface area contributed by atoms with Gasteiger partial charge in [0.25, 0.3) is 5.91 Å². The van der Waals surface area contributed by atoms with Gasteiger partial charge in [-0.3, -0.25) is 4.79 Å². The average molecular weight is 482 g/mol. The lowest BCUT2D eigenvalue weighted by molar-refractivity contribution is 0.0937. The Morgan fingerprint density at radius 3 is 2.65 bits per heavy atom. The first kappa shape index (κ1) is 21.1. The van der Waals surface area contributed by atoms with E-state index in [1.165, 1.54) is 12.1 Å². The number of amides is 1. The minimum atomic E-state index is -0.309. The molecule has 4 rings (SSSR count). The molecule has 1 atom stereocenters. The van der Waals surface area contributed by atoms with Gasteiger partial charge >= 0.3 is 0 Å². The number of rotatable bonds is 6. The third-order valence-corrected chi connectivity index (χ3v) is 5.84. The molecule has 0 radical (unpaired) electrons. The first-order valence-corrected chi connectivity index (χ1v) is 10.7. The highest BCUT2D eigenvalue weighted by Gasteiger charge is 2.19. The van der Waals surface area contributed by atoms with Crippen LogP contribution in [0.4, 0.5) is 4.39 Å². The molecule has 1 amide bonds. The summed E-state index contributed by atoms with van der Waals surface area (Å²) >= 11 is 3.51. The molecule has 0 aliphatic heterocycles. The highest BCUT2D eigenvalue weighted by molar-refractivity contribution is 9.10. The zero-order valence-corrected chi connectivity index (χ0v) is 18.7. The van der Waals surface area contributed by atoms with Crippen LogP contribution in [0, 0.1) is 5.82 Å². The van der Waals surface area contributed by atoms with Crippen LogP contribution in [0.2, 0.25) is 0 Å². The standard InChI is InChI=1S/C24H21BrFN3O2/c1-3-21(15-7-12-23(31-2)20(25)13-15)28-24(30)18-5-4-6-22-19(18)14-27-29(22)17-10-8-16(26)9-11-17/h4-14,21H,3H2,1-2H3,(H,28,30). The molecule has 0 saturated heterocycles. The largest absolute Gasteiger partial charge is 0.496 e. The molecule has 0 spiro atoms. The van der Waals surface area contributed by atoms with Gasteiger partial charge in [-0.25, -0.2) is 9.07 Å². The Kier molecular flexibility index (Phi) is 6.04. The van der Waals surface area contributed by atoms with Crippen LogP contribution in [-0.2, 0) is 0 Å². The second-order valence-corrected chi connectivity index (χ2v) is 7.95. The first-order valence-electron chi connectivity index (χ1n) is 9.88. The van der Waals surface area contributed by atoms with Crippen molar-refractivity contribution in [2.24, 2.45) is 0 Å². The van der Waals surface area contributed by atoms with Crippen molar-refractivity contribution in [3.05, 3.63) is 88.3 Å². The van der Waals surface area contributed by atoms with Gasteiger partial charge in [-0.2, -0.15) is 5.10 Å². The minimum Gasteiger partial charge on any atom is -0.496 e. The van der Waals surface area contributed by atoms with Gasteiger partial charge in [0.2, 0.25) is 0 Å². The molecule has 1 N–H and O–H groups in total. The first-order chi connectivity index (χ1) is 15.0. The Balaban J connectivity index is 1.64. The molecule has 0 saturated carbocycles. The number of hydrogen-bond acceptors (Lipinski definition) is 3. The number of carbonyl (C=O) groups is 1. The number of carbonyl (C=O) groups excluding carboxylic acids is 1. The van der Waals surface area contributed by atoms with Crippen LogP contribution in [0.15, 0.2) is 71.3 Å². The van der Waals surface area contributed by atoms with Crippen molar-refractivity contribution in [1.29, 1.82) is 0 Å². The molecule has 1 heterocycles. The Morgan fingerprint density at radius 1 is 1.19 bits per heavy atom. The third kappa shape index (κ3) is 4.18. The predicted molar refractivity (Wildman–Crippen MR) is 122 cm³/mol. The number of nitrogens with zero attached hydrogens (tertiary/aromatic N) is 2. The van der Waals surface area contributed by atoms with Gasteiger partial charge in [0, 0.05) is 5.39 Å². The van der Waals surface area contributed by atoms with Crippen molar-refractivity contribution in [2.75, 3.05) is 7.11 Å². The fourth-order valence-corrected chi connectivity index (χ4v) is 4.15. The lowest BCUT2D eigenvalue weighted by Gasteiger charge is -2.19. The van der Waals surface area contributed by atoms with Crippen molar-refractivity contribution < 1.29 is 13.9 Å². The molecule has 7 heteroatoms. The zero-order chi connectivity index (χ0) is 22.0. The second kappa shape index (κ2) is 8.89. The molecule has 3 aromatic carbocycles. The van der Waals surface area contributed by atoms with E-state index in [0.717, 1.165) is 38.8 Å². The van der Waals surface area contributed by atoms with Crippen LogP contribution in [0.3, 0.4) is 0 Å². The number of halogens is 2. The van der Waals surface area contributed by atoms with Gasteiger partial charge in [0.05, 0.1) is 40.6 Å². The van der Waals surface area contributed by atoms with Gasteiger partial charge in [-0.05, 0) is 76.4 Å². The number of nitrogens with one attached hydrogen (secondary N) is 1. The summed E-state index contributed by atoms with van der Waals surface area (Å²) in [5, 5.41) is 8.28. The second-order valence-electron chi connectivity index (χ2n) is 7.10. The smallest absolute Gasteiger partial charge is 0.252 e. The van der Waals surface area contributed by atoms with E-state index in [-0.39, 0.29) is 17.8 Å². The Hall–Kier alpha value is -3.19. The van der Waals surface area contributed by atoms with Gasteiger partial charge in [0.1, 0.15) is 11.6 Å². The Morgan fingerprint density at radius 2 is 1.97 bits per heavy atom. The van der Waals surface area contributed by atoms with Crippen molar-refractivity contribution in [2.45, 2.75) is 19.4 Å². The van der Waals surface area contributed by atoms with Crippen LogP contribution < -0.4 is 10.1 Å². The summed E-state index contributed by atoms with van der Waals surface area (Å²) in [7, 11) is 1.62. The molecule has 158 valence electrons. The van der Waals surface area contributed by atoms with Crippen LogP contribution in [0.5, 0.6) is 5.75 Å². The predicted octanol–water partition coefficient (Wildman–Crippen LogP) is 5.82. The number of aromatic nitrogens is 2. The highest BCUT2D eigenvalue weighted by atomic mass is 79.9. The van der Waals surface area contributed by atoms with Crippen molar-refractivity contribution in [1.82, 2.24) is 15.1 Å². The molecule has 0 bridgehead atoms. The minimum absolute atomic E-state index is 0.155. The maximum Gasteiger partial charge on any atom is 0.252 e. The van der Waals surface area contributed by atoms with Gasteiger partial charge < -0.3 is 10.1 Å². The summed E-state index contributed by atoms with van der Waals surface area (Å²) in [6.07, 6.45) is 2.40. The van der Waals surface area contributed by atoms with Crippen LogP contribution in [0.1, 0.15) is 35.3 Å². The quantitative estimate of drug-likeness (QED) is 0.377. The average Bonchev–Trinajstić information content (AvgIpc) is 3.22. The molecule has 0 aliphatic rings. The van der Waals surface area contributed by atoms with E-state index in [2.05, 4.69) is 26.3 Å². The molecule has 31 heavy (non-hydrogen) atoms. The maximum atomic E-state index is 13.3. The van der Waals surface area contributed by atoms with Crippen molar-refractivity contribution >= 4 is 32.7 Å². The zero-order valence-electron chi connectivity index (χ0n) is 17.1. The highest BCUT2D eigenvalue weighted by Crippen LogP contribution is 2.30. The van der Waals surface area contributed by atoms with Gasteiger partial charge in [-0.15, -0.1) is 0 Å². The lowest BCUT2D eigenvalue weighted by atomic mass is 10.0. The number of hydrogen-bond donors (Lipinski definition) is 1. The fourth-order valence-electron chi connectivity index (χ4n) is 3.59. The number of methoxy groups -OCH3 is 1. The normalized spacial score (nSPS) is 12.0. The molecule has 1 aromatic heterocycles. The van der Waals surface area contributed by atoms with Crippen LogP contribution in [0.25, 0.3) is 16.6 Å². The van der Waals surface area contributed by atoms with E-state index in [9.17, 15) is 9.18 Å². The fraction of sp³-hybridized carbons (Fsp3) is 0.167. The summed E-state index contributed by atoms with van der Waals surface area (Å²) in [5.74, 6) is 0.252. The van der Waals surface area contributed by atoms with Gasteiger partial charge in [-0.1, -0.05) is 19.1 Å². The van der Waals surface area contributed by atoms with E-state index in [4.69, 9.17) is 4.74 Å². The van der Waals surface area contributed by atoms with Crippen LogP contribution in [-0.4, -0.2) is 22.8 Å². The summed E-state index contributed by atoms with van der Waals surface area (Å²) in [4.78, 5) is 13.2. The van der Waals surface area contributed by atoms with E-state index in [0.29, 0.717) is 5.56 Å². The monoisotopic (exact) mass is 481 g/mol. The van der Waals surface area contributed by atoms with Crippen LogP contribution >= 0.6 is 15.9 Å². The van der Waals surface area contributed by atoms with Crippen molar-refractivity contribution in [3.63, 3.8) is 0 Å². The number of benzene rings is 3. The topological polar surface area (TPSA) is 56.2 Å². The van der Waals surface area contributed by atoms with E-state index in [1.54, 1.807) is 36.2 Å². The van der Waals surface area contributed by atoms with E-state index < -0.39 is 0 Å². The number of fused-ring (bicyclic) bond motifs is 1. The summed E-state index contributed by atoms with van der Waals surface area (Å²) in [5.41, 5.74) is 3.03.